The van der Waals surface area contributed by atoms with Crippen molar-refractivity contribution < 1.29 is 4.79 Å². The minimum absolute atomic E-state index is 0.0832. The van der Waals surface area contributed by atoms with E-state index in [1.165, 1.54) is 0 Å². The molecule has 4 heteroatoms. The van der Waals surface area contributed by atoms with E-state index in [4.69, 9.17) is 5.73 Å². The SMILES string of the molecule is CC(=O)c1cc(N)c2n1CCNC2. The van der Waals surface area contributed by atoms with Gasteiger partial charge in [-0.25, -0.2) is 0 Å². The van der Waals surface area contributed by atoms with Crippen LogP contribution in [0.1, 0.15) is 23.1 Å². The lowest BCUT2D eigenvalue weighted by atomic mass is 10.3. The number of nitrogens with zero attached hydrogens (tertiary/aromatic N) is 1. The maximum absolute atomic E-state index is 11.2. The van der Waals surface area contributed by atoms with Crippen molar-refractivity contribution in [2.24, 2.45) is 0 Å². The molecule has 1 aromatic rings. The Hall–Kier alpha value is -1.29. The second-order valence-electron chi connectivity index (χ2n) is 3.32. The quantitative estimate of drug-likeness (QED) is 0.612. The molecule has 1 aliphatic heterocycles. The van der Waals surface area contributed by atoms with Crippen LogP contribution in [0.2, 0.25) is 0 Å². The normalized spacial score (nSPS) is 15.5. The summed E-state index contributed by atoms with van der Waals surface area (Å²) in [5.74, 6) is 0.0832. The largest absolute Gasteiger partial charge is 0.397 e. The van der Waals surface area contributed by atoms with Gasteiger partial charge < -0.3 is 15.6 Å². The van der Waals surface area contributed by atoms with Crippen molar-refractivity contribution in [2.75, 3.05) is 12.3 Å². The van der Waals surface area contributed by atoms with E-state index in [9.17, 15) is 4.79 Å². The predicted molar refractivity (Wildman–Crippen MR) is 50.6 cm³/mol. The standard InChI is InChI=1S/C9H13N3O/c1-6(13)8-4-7(10)9-5-11-2-3-12(8)9/h4,11H,2-3,5,10H2,1H3. The van der Waals surface area contributed by atoms with E-state index >= 15 is 0 Å². The summed E-state index contributed by atoms with van der Waals surface area (Å²) in [5, 5.41) is 3.22. The molecule has 1 aliphatic rings. The van der Waals surface area contributed by atoms with Crippen LogP contribution in [0, 0.1) is 0 Å². The molecule has 0 unspecified atom stereocenters. The number of nitrogen functional groups attached to an aromatic ring is 1. The van der Waals surface area contributed by atoms with Crippen molar-refractivity contribution in [3.05, 3.63) is 17.5 Å². The monoisotopic (exact) mass is 179 g/mol. The van der Waals surface area contributed by atoms with Gasteiger partial charge in [0, 0.05) is 26.6 Å². The molecule has 0 saturated heterocycles. The third-order valence-corrected chi connectivity index (χ3v) is 2.41. The summed E-state index contributed by atoms with van der Waals surface area (Å²) in [4.78, 5) is 11.2. The van der Waals surface area contributed by atoms with Crippen molar-refractivity contribution in [2.45, 2.75) is 20.0 Å². The molecule has 0 saturated carbocycles. The van der Waals surface area contributed by atoms with E-state index in [2.05, 4.69) is 5.32 Å². The van der Waals surface area contributed by atoms with Gasteiger partial charge in [-0.2, -0.15) is 0 Å². The highest BCUT2D eigenvalue weighted by molar-refractivity contribution is 5.94. The zero-order valence-electron chi connectivity index (χ0n) is 7.63. The first-order valence-electron chi connectivity index (χ1n) is 4.39. The van der Waals surface area contributed by atoms with Crippen LogP contribution >= 0.6 is 0 Å². The van der Waals surface area contributed by atoms with Crippen LogP contribution in [0.3, 0.4) is 0 Å². The van der Waals surface area contributed by atoms with Crippen LogP contribution in [-0.2, 0) is 13.1 Å². The Balaban J connectivity index is 2.53. The summed E-state index contributed by atoms with van der Waals surface area (Å²) in [6.45, 7) is 4.08. The van der Waals surface area contributed by atoms with Crippen molar-refractivity contribution in [1.82, 2.24) is 9.88 Å². The highest BCUT2D eigenvalue weighted by Gasteiger charge is 2.17. The number of carbonyl (C=O) groups excluding carboxylic acids is 1. The fourth-order valence-corrected chi connectivity index (χ4v) is 1.75. The second-order valence-corrected chi connectivity index (χ2v) is 3.32. The molecule has 0 bridgehead atoms. The number of carbonyl (C=O) groups is 1. The minimum Gasteiger partial charge on any atom is -0.397 e. The van der Waals surface area contributed by atoms with E-state index in [0.29, 0.717) is 0 Å². The lowest BCUT2D eigenvalue weighted by Crippen LogP contribution is -2.29. The van der Waals surface area contributed by atoms with E-state index in [1.807, 2.05) is 4.57 Å². The van der Waals surface area contributed by atoms with Gasteiger partial charge in [-0.05, 0) is 6.07 Å². The zero-order valence-corrected chi connectivity index (χ0v) is 7.63. The number of Topliss-reactive ketones (excluding diaryl/α,β-unsaturated/α-hetero) is 1. The number of fused-ring (bicyclic) bond motifs is 1. The number of hydrogen-bond donors (Lipinski definition) is 2. The molecular formula is C9H13N3O. The summed E-state index contributed by atoms with van der Waals surface area (Å²) >= 11 is 0. The lowest BCUT2D eigenvalue weighted by molar-refractivity contribution is 0.100. The molecule has 2 rings (SSSR count). The van der Waals surface area contributed by atoms with Crippen LogP contribution in [0.4, 0.5) is 5.69 Å². The molecule has 0 aromatic carbocycles. The summed E-state index contributed by atoms with van der Waals surface area (Å²) < 4.78 is 2.01. The fraction of sp³-hybridized carbons (Fsp3) is 0.444. The Morgan fingerprint density at radius 3 is 3.15 bits per heavy atom. The van der Waals surface area contributed by atoms with Crippen molar-refractivity contribution in [3.63, 3.8) is 0 Å². The molecule has 0 aliphatic carbocycles. The molecule has 70 valence electrons. The second kappa shape index (κ2) is 2.88. The first kappa shape index (κ1) is 8.31. The van der Waals surface area contributed by atoms with Gasteiger partial charge in [-0.1, -0.05) is 0 Å². The van der Waals surface area contributed by atoms with Gasteiger partial charge in [0.15, 0.2) is 5.78 Å². The Kier molecular flexibility index (Phi) is 1.84. The molecule has 0 spiro atoms. The van der Waals surface area contributed by atoms with E-state index in [0.717, 1.165) is 36.7 Å². The van der Waals surface area contributed by atoms with Gasteiger partial charge in [0.05, 0.1) is 17.1 Å². The van der Waals surface area contributed by atoms with E-state index in [1.54, 1.807) is 13.0 Å². The van der Waals surface area contributed by atoms with Gasteiger partial charge in [-0.15, -0.1) is 0 Å². The number of rotatable bonds is 1. The molecule has 0 amide bonds. The van der Waals surface area contributed by atoms with Gasteiger partial charge in [0.2, 0.25) is 0 Å². The summed E-state index contributed by atoms with van der Waals surface area (Å²) in [6.07, 6.45) is 0. The van der Waals surface area contributed by atoms with E-state index < -0.39 is 0 Å². The molecule has 2 heterocycles. The maximum atomic E-state index is 11.2. The Labute approximate surface area is 76.7 Å². The smallest absolute Gasteiger partial charge is 0.176 e. The number of hydrogen-bond acceptors (Lipinski definition) is 3. The summed E-state index contributed by atoms with van der Waals surface area (Å²) in [7, 11) is 0. The Morgan fingerprint density at radius 2 is 2.46 bits per heavy atom. The molecule has 0 atom stereocenters. The molecule has 3 N–H and O–H groups in total. The average Bonchev–Trinajstić information content (AvgIpc) is 2.45. The number of anilines is 1. The van der Waals surface area contributed by atoms with Crippen molar-refractivity contribution in [3.8, 4) is 0 Å². The van der Waals surface area contributed by atoms with Crippen LogP contribution in [-0.4, -0.2) is 16.9 Å². The Morgan fingerprint density at radius 1 is 1.69 bits per heavy atom. The fourth-order valence-electron chi connectivity index (χ4n) is 1.75. The maximum Gasteiger partial charge on any atom is 0.176 e. The summed E-state index contributed by atoms with van der Waals surface area (Å²) in [5.41, 5.74) is 8.28. The van der Waals surface area contributed by atoms with Gasteiger partial charge in [0.25, 0.3) is 0 Å². The number of nitrogens with one attached hydrogen (secondary N) is 1. The van der Waals surface area contributed by atoms with Crippen LogP contribution < -0.4 is 11.1 Å². The third kappa shape index (κ3) is 1.23. The zero-order chi connectivity index (χ0) is 9.42. The van der Waals surface area contributed by atoms with Gasteiger partial charge >= 0.3 is 0 Å². The average molecular weight is 179 g/mol. The Bertz CT molecular complexity index is 354. The van der Waals surface area contributed by atoms with Gasteiger partial charge in [0.1, 0.15) is 0 Å². The lowest BCUT2D eigenvalue weighted by Gasteiger charge is -2.18. The molecule has 0 fully saturated rings. The van der Waals surface area contributed by atoms with Crippen LogP contribution in [0.25, 0.3) is 0 Å². The predicted octanol–water partition coefficient (Wildman–Crippen LogP) is 0.376. The highest BCUT2D eigenvalue weighted by Crippen LogP contribution is 2.20. The van der Waals surface area contributed by atoms with Crippen molar-refractivity contribution in [1.29, 1.82) is 0 Å². The third-order valence-electron chi connectivity index (χ3n) is 2.41. The van der Waals surface area contributed by atoms with Crippen molar-refractivity contribution >= 4 is 11.5 Å². The molecule has 13 heavy (non-hydrogen) atoms. The summed E-state index contributed by atoms with van der Waals surface area (Å²) in [6, 6.07) is 1.77. The number of aromatic nitrogens is 1. The van der Waals surface area contributed by atoms with Crippen LogP contribution in [0.5, 0.6) is 0 Å². The van der Waals surface area contributed by atoms with Gasteiger partial charge in [-0.3, -0.25) is 4.79 Å². The molecule has 4 nitrogen and oxygen atoms in total. The molecule has 1 aromatic heterocycles. The molecular weight excluding hydrogens is 166 g/mol. The molecule has 0 radical (unpaired) electrons. The minimum atomic E-state index is 0.0832. The van der Waals surface area contributed by atoms with E-state index in [-0.39, 0.29) is 5.78 Å². The van der Waals surface area contributed by atoms with Crippen LogP contribution in [0.15, 0.2) is 6.07 Å². The number of ketones is 1. The first-order chi connectivity index (χ1) is 6.20. The topological polar surface area (TPSA) is 60.1 Å². The highest BCUT2D eigenvalue weighted by atomic mass is 16.1. The first-order valence-corrected chi connectivity index (χ1v) is 4.39. The number of nitrogens with two attached hydrogens (primary N) is 1.